The fourth-order valence-electron chi connectivity index (χ4n) is 3.43. The average Bonchev–Trinajstić information content (AvgIpc) is 3.10. The van der Waals surface area contributed by atoms with Gasteiger partial charge in [0.1, 0.15) is 22.5 Å². The fraction of sp³-hybridized carbons (Fsp3) is 0.368. The van der Waals surface area contributed by atoms with Crippen molar-refractivity contribution in [1.82, 2.24) is 19.2 Å². The number of amides is 1. The number of aromatic nitrogens is 3. The van der Waals surface area contributed by atoms with Crippen molar-refractivity contribution in [3.05, 3.63) is 47.0 Å². The van der Waals surface area contributed by atoms with Crippen molar-refractivity contribution in [2.24, 2.45) is 0 Å². The highest BCUT2D eigenvalue weighted by Gasteiger charge is 2.18. The molecule has 26 heavy (non-hydrogen) atoms. The molecule has 1 aliphatic rings. The third-order valence-electron chi connectivity index (χ3n) is 4.78. The van der Waals surface area contributed by atoms with Gasteiger partial charge < -0.3 is 5.32 Å². The van der Waals surface area contributed by atoms with Crippen molar-refractivity contribution < 1.29 is 4.79 Å². The summed E-state index contributed by atoms with van der Waals surface area (Å²) in [5.41, 5.74) is 2.02. The molecule has 6 nitrogen and oxygen atoms in total. The number of nitrogens with one attached hydrogen (secondary N) is 1. The van der Waals surface area contributed by atoms with Gasteiger partial charge in [0.15, 0.2) is 0 Å². The Bertz CT molecular complexity index is 974. The molecule has 1 aliphatic carbocycles. The lowest BCUT2D eigenvalue weighted by Crippen LogP contribution is -2.39. The Morgan fingerprint density at radius 3 is 2.73 bits per heavy atom. The van der Waals surface area contributed by atoms with Crippen molar-refractivity contribution in [2.45, 2.75) is 44.7 Å². The number of rotatable bonds is 4. The van der Waals surface area contributed by atoms with E-state index in [0.29, 0.717) is 15.9 Å². The normalized spacial score (nSPS) is 15.2. The van der Waals surface area contributed by atoms with Gasteiger partial charge in [0.2, 0.25) is 5.91 Å². The molecule has 1 fully saturated rings. The van der Waals surface area contributed by atoms with Crippen LogP contribution in [0.15, 0.2) is 41.5 Å². The molecule has 1 N–H and O–H groups in total. The first kappa shape index (κ1) is 16.9. The molecule has 0 bridgehead atoms. The maximum atomic E-state index is 12.7. The predicted octanol–water partition coefficient (Wildman–Crippen LogP) is 2.97. The molecule has 1 amide bonds. The van der Waals surface area contributed by atoms with E-state index in [1.165, 1.54) is 17.3 Å². The number of carbonyl (C=O) groups is 1. The second-order valence-electron chi connectivity index (χ2n) is 6.66. The molecule has 0 aliphatic heterocycles. The topological polar surface area (TPSA) is 76.9 Å². The highest BCUT2D eigenvalue weighted by atomic mass is 32.1. The molecule has 0 saturated heterocycles. The van der Waals surface area contributed by atoms with E-state index in [2.05, 4.69) is 14.7 Å². The van der Waals surface area contributed by atoms with Gasteiger partial charge in [-0.15, -0.1) is 0 Å². The molecule has 0 unspecified atom stereocenters. The minimum atomic E-state index is -0.214. The zero-order valence-electron chi connectivity index (χ0n) is 14.4. The predicted molar refractivity (Wildman–Crippen MR) is 102 cm³/mol. The van der Waals surface area contributed by atoms with E-state index >= 15 is 0 Å². The Kier molecular flexibility index (Phi) is 4.79. The van der Waals surface area contributed by atoms with Gasteiger partial charge in [-0.2, -0.15) is 4.37 Å². The third-order valence-corrected chi connectivity index (χ3v) is 5.60. The lowest BCUT2D eigenvalue weighted by atomic mass is 9.95. The van der Waals surface area contributed by atoms with Crippen molar-refractivity contribution in [3.63, 3.8) is 0 Å². The number of carbonyl (C=O) groups excluding carboxylic acids is 1. The molecule has 3 aromatic rings. The molecule has 7 heteroatoms. The highest BCUT2D eigenvalue weighted by molar-refractivity contribution is 7.13. The van der Waals surface area contributed by atoms with Crippen LogP contribution >= 0.6 is 11.5 Å². The average molecular weight is 368 g/mol. The van der Waals surface area contributed by atoms with E-state index in [1.54, 1.807) is 0 Å². The first-order chi connectivity index (χ1) is 12.7. The molecule has 1 saturated carbocycles. The Morgan fingerprint density at radius 2 is 1.96 bits per heavy atom. The van der Waals surface area contributed by atoms with Crippen LogP contribution in [0, 0.1) is 0 Å². The Balaban J connectivity index is 1.56. The van der Waals surface area contributed by atoms with Crippen LogP contribution in [0.25, 0.3) is 21.5 Å². The molecule has 0 radical (unpaired) electrons. The zero-order chi connectivity index (χ0) is 17.9. The van der Waals surface area contributed by atoms with Gasteiger partial charge in [-0.3, -0.25) is 14.2 Å². The van der Waals surface area contributed by atoms with Crippen LogP contribution in [0.4, 0.5) is 0 Å². The van der Waals surface area contributed by atoms with Gasteiger partial charge in [-0.05, 0) is 24.4 Å². The monoisotopic (exact) mass is 368 g/mol. The molecule has 0 spiro atoms. The summed E-state index contributed by atoms with van der Waals surface area (Å²) in [5, 5.41) is 3.04. The molecule has 1 aromatic carbocycles. The van der Waals surface area contributed by atoms with E-state index in [9.17, 15) is 9.59 Å². The summed E-state index contributed by atoms with van der Waals surface area (Å²) in [4.78, 5) is 29.4. The standard InChI is InChI=1S/C19H20N4O2S/c24-15(21-14-9-5-2-6-10-14)11-23-12-20-17-16(13-7-3-1-4-8-13)22-26-18(17)19(23)25/h1,3-4,7-8,12,14H,2,5-6,9-11H2,(H,21,24). The first-order valence-corrected chi connectivity index (χ1v) is 9.69. The van der Waals surface area contributed by atoms with Crippen LogP contribution in [0.5, 0.6) is 0 Å². The summed E-state index contributed by atoms with van der Waals surface area (Å²) in [5.74, 6) is -0.132. The van der Waals surface area contributed by atoms with E-state index in [0.717, 1.165) is 42.8 Å². The minimum absolute atomic E-state index is 0.00313. The third kappa shape index (κ3) is 3.39. The Labute approximate surface area is 155 Å². The summed E-state index contributed by atoms with van der Waals surface area (Å²) in [6, 6.07) is 9.91. The van der Waals surface area contributed by atoms with E-state index in [-0.39, 0.29) is 24.1 Å². The minimum Gasteiger partial charge on any atom is -0.352 e. The molecular weight excluding hydrogens is 348 g/mol. The van der Waals surface area contributed by atoms with Crippen LogP contribution in [0.3, 0.4) is 0 Å². The summed E-state index contributed by atoms with van der Waals surface area (Å²) >= 11 is 1.13. The van der Waals surface area contributed by atoms with Crippen LogP contribution in [0.2, 0.25) is 0 Å². The summed E-state index contributed by atoms with van der Waals surface area (Å²) in [7, 11) is 0. The smallest absolute Gasteiger partial charge is 0.273 e. The Morgan fingerprint density at radius 1 is 1.19 bits per heavy atom. The number of fused-ring (bicyclic) bond motifs is 1. The van der Waals surface area contributed by atoms with Gasteiger partial charge in [0, 0.05) is 11.6 Å². The lowest BCUT2D eigenvalue weighted by molar-refractivity contribution is -0.122. The number of hydrogen-bond acceptors (Lipinski definition) is 5. The highest BCUT2D eigenvalue weighted by Crippen LogP contribution is 2.26. The van der Waals surface area contributed by atoms with Gasteiger partial charge in [-0.25, -0.2) is 4.98 Å². The van der Waals surface area contributed by atoms with E-state index < -0.39 is 0 Å². The van der Waals surface area contributed by atoms with Crippen molar-refractivity contribution >= 4 is 27.7 Å². The summed E-state index contributed by atoms with van der Waals surface area (Å²) < 4.78 is 6.26. The van der Waals surface area contributed by atoms with Crippen LogP contribution in [0.1, 0.15) is 32.1 Å². The maximum Gasteiger partial charge on any atom is 0.273 e. The molecule has 2 heterocycles. The second-order valence-corrected chi connectivity index (χ2v) is 7.43. The molecule has 2 aromatic heterocycles. The van der Waals surface area contributed by atoms with Crippen LogP contribution < -0.4 is 10.9 Å². The number of benzene rings is 1. The zero-order valence-corrected chi connectivity index (χ0v) is 15.2. The first-order valence-electron chi connectivity index (χ1n) is 8.92. The summed E-state index contributed by atoms with van der Waals surface area (Å²) in [6.45, 7) is -0.00313. The lowest BCUT2D eigenvalue weighted by Gasteiger charge is -2.22. The SMILES string of the molecule is O=C(Cn1cnc2c(-c3ccccc3)nsc2c1=O)NC1CCCCC1. The molecule has 134 valence electrons. The summed E-state index contributed by atoms with van der Waals surface area (Å²) in [6.07, 6.45) is 7.04. The van der Waals surface area contributed by atoms with Crippen LogP contribution in [-0.2, 0) is 11.3 Å². The van der Waals surface area contributed by atoms with Gasteiger partial charge >= 0.3 is 0 Å². The quantitative estimate of drug-likeness (QED) is 0.768. The molecule has 4 rings (SSSR count). The molecule has 0 atom stereocenters. The fourth-order valence-corrected chi connectivity index (χ4v) is 4.23. The van der Waals surface area contributed by atoms with Gasteiger partial charge in [0.05, 0.1) is 6.33 Å². The van der Waals surface area contributed by atoms with Gasteiger partial charge in [0.25, 0.3) is 5.56 Å². The van der Waals surface area contributed by atoms with Crippen molar-refractivity contribution in [3.8, 4) is 11.3 Å². The maximum absolute atomic E-state index is 12.7. The van der Waals surface area contributed by atoms with Gasteiger partial charge in [-0.1, -0.05) is 49.6 Å². The second kappa shape index (κ2) is 7.37. The number of hydrogen-bond donors (Lipinski definition) is 1. The largest absolute Gasteiger partial charge is 0.352 e. The van der Waals surface area contributed by atoms with E-state index in [4.69, 9.17) is 0 Å². The van der Waals surface area contributed by atoms with E-state index in [1.807, 2.05) is 30.3 Å². The van der Waals surface area contributed by atoms with Crippen LogP contribution in [-0.4, -0.2) is 25.9 Å². The Hall–Kier alpha value is -2.54. The number of nitrogens with zero attached hydrogens (tertiary/aromatic N) is 3. The van der Waals surface area contributed by atoms with Crippen molar-refractivity contribution in [2.75, 3.05) is 0 Å². The molecular formula is C19H20N4O2S. The van der Waals surface area contributed by atoms with Crippen molar-refractivity contribution in [1.29, 1.82) is 0 Å².